The van der Waals surface area contributed by atoms with Crippen molar-refractivity contribution in [3.8, 4) is 11.5 Å². The minimum Gasteiger partial charge on any atom is -0.457 e. The van der Waals surface area contributed by atoms with Crippen molar-refractivity contribution in [1.29, 1.82) is 0 Å². The number of benzene rings is 1. The van der Waals surface area contributed by atoms with Crippen molar-refractivity contribution in [1.82, 2.24) is 39.0 Å². The minimum atomic E-state index is 0.0563. The van der Waals surface area contributed by atoms with E-state index in [9.17, 15) is 4.79 Å². The molecule has 1 N–H and O–H groups in total. The number of nitrogens with one attached hydrogen (secondary N) is 1. The molecule has 12 nitrogen and oxygen atoms in total. The van der Waals surface area contributed by atoms with Crippen LogP contribution in [-0.2, 0) is 4.79 Å². The molecule has 5 heterocycles. The zero-order valence-corrected chi connectivity index (χ0v) is 23.3. The van der Waals surface area contributed by atoms with E-state index >= 15 is 0 Å². The predicted molar refractivity (Wildman–Crippen MR) is 157 cm³/mol. The van der Waals surface area contributed by atoms with Crippen LogP contribution in [-0.4, -0.2) is 91.7 Å². The Morgan fingerprint density at radius 2 is 1.78 bits per heavy atom. The average molecular weight is 553 g/mol. The van der Waals surface area contributed by atoms with E-state index in [4.69, 9.17) is 4.74 Å². The molecular weight excluding hydrogens is 520 g/mol. The van der Waals surface area contributed by atoms with Crippen LogP contribution in [0, 0.1) is 6.92 Å². The summed E-state index contributed by atoms with van der Waals surface area (Å²) in [5.74, 6) is 2.20. The SMILES string of the molecule is Cc1cc(Nc2ncnn3ccc(N4CCN(C(=O)/C=C/CN(C)C)CC4)c23)ccc1Oc1ccn2ncnc2c1. The first kappa shape index (κ1) is 26.3. The highest BCUT2D eigenvalue weighted by Crippen LogP contribution is 2.32. The third kappa shape index (κ3) is 5.68. The van der Waals surface area contributed by atoms with Crippen LogP contribution in [0.2, 0.25) is 0 Å². The quantitative estimate of drug-likeness (QED) is 0.290. The van der Waals surface area contributed by atoms with E-state index in [1.54, 1.807) is 16.9 Å². The smallest absolute Gasteiger partial charge is 0.246 e. The molecule has 1 aliphatic heterocycles. The molecule has 12 heteroatoms. The number of likely N-dealkylation sites (N-methyl/N-ethyl adjacent to an activating group) is 1. The van der Waals surface area contributed by atoms with Crippen LogP contribution < -0.4 is 15.0 Å². The molecule has 210 valence electrons. The first-order valence-corrected chi connectivity index (χ1v) is 13.5. The van der Waals surface area contributed by atoms with Crippen molar-refractivity contribution in [2.75, 3.05) is 57.0 Å². The van der Waals surface area contributed by atoms with E-state index in [1.807, 2.05) is 84.1 Å². The van der Waals surface area contributed by atoms with E-state index in [0.29, 0.717) is 24.7 Å². The van der Waals surface area contributed by atoms with E-state index in [1.165, 1.54) is 6.33 Å². The third-order valence-electron chi connectivity index (χ3n) is 7.01. The maximum atomic E-state index is 12.6. The predicted octanol–water partition coefficient (Wildman–Crippen LogP) is 3.38. The van der Waals surface area contributed by atoms with Gasteiger partial charge in [0.25, 0.3) is 0 Å². The Bertz CT molecular complexity index is 1720. The monoisotopic (exact) mass is 552 g/mol. The Kier molecular flexibility index (Phi) is 7.21. The van der Waals surface area contributed by atoms with Crippen molar-refractivity contribution in [3.05, 3.63) is 79.2 Å². The average Bonchev–Trinajstić information content (AvgIpc) is 3.62. The second kappa shape index (κ2) is 11.3. The van der Waals surface area contributed by atoms with Crippen LogP contribution in [0.25, 0.3) is 11.2 Å². The summed E-state index contributed by atoms with van der Waals surface area (Å²) in [6.45, 7) is 5.52. The summed E-state index contributed by atoms with van der Waals surface area (Å²) in [7, 11) is 3.96. The van der Waals surface area contributed by atoms with Gasteiger partial charge in [0.2, 0.25) is 5.91 Å². The van der Waals surface area contributed by atoms with Gasteiger partial charge in [-0.15, -0.1) is 0 Å². The fourth-order valence-electron chi connectivity index (χ4n) is 4.89. The van der Waals surface area contributed by atoms with Gasteiger partial charge in [-0.2, -0.15) is 10.2 Å². The number of anilines is 3. The van der Waals surface area contributed by atoms with Crippen molar-refractivity contribution < 1.29 is 9.53 Å². The number of hydrogen-bond donors (Lipinski definition) is 1. The zero-order chi connectivity index (χ0) is 28.3. The summed E-state index contributed by atoms with van der Waals surface area (Å²) in [5, 5.41) is 12.0. The number of pyridine rings is 1. The van der Waals surface area contributed by atoms with Gasteiger partial charge in [0, 0.05) is 62.9 Å². The van der Waals surface area contributed by atoms with E-state index in [2.05, 4.69) is 36.4 Å². The number of aryl methyl sites for hydroxylation is 1. The van der Waals surface area contributed by atoms with E-state index in [-0.39, 0.29) is 5.91 Å². The zero-order valence-electron chi connectivity index (χ0n) is 23.3. The lowest BCUT2D eigenvalue weighted by molar-refractivity contribution is -0.126. The summed E-state index contributed by atoms with van der Waals surface area (Å²) in [6.07, 6.45) is 10.4. The van der Waals surface area contributed by atoms with Gasteiger partial charge in [-0.3, -0.25) is 4.79 Å². The van der Waals surface area contributed by atoms with Gasteiger partial charge < -0.3 is 24.8 Å². The molecule has 0 bridgehead atoms. The summed E-state index contributed by atoms with van der Waals surface area (Å²) < 4.78 is 9.65. The maximum absolute atomic E-state index is 12.6. The molecule has 41 heavy (non-hydrogen) atoms. The Morgan fingerprint density at radius 3 is 2.59 bits per heavy atom. The van der Waals surface area contributed by atoms with Crippen LogP contribution in [0.15, 0.2) is 73.6 Å². The molecule has 0 spiro atoms. The molecular formula is C29H32N10O2. The number of piperazine rings is 1. The van der Waals surface area contributed by atoms with Gasteiger partial charge in [-0.25, -0.2) is 19.0 Å². The maximum Gasteiger partial charge on any atom is 0.246 e. The highest BCUT2D eigenvalue weighted by molar-refractivity contribution is 5.89. The van der Waals surface area contributed by atoms with E-state index < -0.39 is 0 Å². The lowest BCUT2D eigenvalue weighted by atomic mass is 10.2. The molecule has 0 radical (unpaired) electrons. The molecule has 1 aliphatic rings. The Balaban J connectivity index is 1.16. The van der Waals surface area contributed by atoms with Crippen molar-refractivity contribution in [2.45, 2.75) is 6.92 Å². The number of carbonyl (C=O) groups is 1. The fraction of sp³-hybridized carbons (Fsp3) is 0.276. The second-order valence-corrected chi connectivity index (χ2v) is 10.2. The topological polar surface area (TPSA) is 108 Å². The molecule has 0 unspecified atom stereocenters. The molecule has 0 atom stereocenters. The number of hydrogen-bond acceptors (Lipinski definition) is 9. The number of ether oxygens (including phenoxy) is 1. The van der Waals surface area contributed by atoms with Crippen LogP contribution in [0.5, 0.6) is 11.5 Å². The summed E-state index contributed by atoms with van der Waals surface area (Å²) in [5.41, 5.74) is 4.49. The summed E-state index contributed by atoms with van der Waals surface area (Å²) in [6, 6.07) is 11.7. The van der Waals surface area contributed by atoms with Crippen LogP contribution in [0.3, 0.4) is 0 Å². The van der Waals surface area contributed by atoms with Crippen molar-refractivity contribution in [2.24, 2.45) is 0 Å². The third-order valence-corrected chi connectivity index (χ3v) is 7.01. The lowest BCUT2D eigenvalue weighted by Gasteiger charge is -2.35. The molecule has 4 aromatic heterocycles. The Hall–Kier alpha value is -4.97. The van der Waals surface area contributed by atoms with Crippen LogP contribution >= 0.6 is 0 Å². The molecule has 1 aromatic carbocycles. The minimum absolute atomic E-state index is 0.0563. The standard InChI is InChI=1S/C29H32N10O2/c1-21-17-22(6-7-25(21)41-23-8-11-38-26(18-23)30-19-32-38)34-29-28-24(9-12-39(28)33-20-31-29)36-13-15-37(16-14-36)27(40)5-4-10-35(2)3/h4-9,11-12,17-20H,10,13-16H2,1-3H3,(H,31,33,34)/b5-4+. The van der Waals surface area contributed by atoms with Gasteiger partial charge in [0.05, 0.1) is 5.69 Å². The molecule has 6 rings (SSSR count). The van der Waals surface area contributed by atoms with Gasteiger partial charge in [0.15, 0.2) is 11.5 Å². The first-order valence-electron chi connectivity index (χ1n) is 13.5. The number of carbonyl (C=O) groups excluding carboxylic acids is 1. The molecule has 0 aliphatic carbocycles. The second-order valence-electron chi connectivity index (χ2n) is 10.2. The molecule has 1 fully saturated rings. The summed E-state index contributed by atoms with van der Waals surface area (Å²) >= 11 is 0. The van der Waals surface area contributed by atoms with Gasteiger partial charge in [-0.05, 0) is 56.9 Å². The van der Waals surface area contributed by atoms with Gasteiger partial charge >= 0.3 is 0 Å². The van der Waals surface area contributed by atoms with Crippen molar-refractivity contribution >= 4 is 34.3 Å². The highest BCUT2D eigenvalue weighted by Gasteiger charge is 2.23. The highest BCUT2D eigenvalue weighted by atomic mass is 16.5. The number of amides is 1. The summed E-state index contributed by atoms with van der Waals surface area (Å²) in [4.78, 5) is 27.6. The molecule has 1 saturated heterocycles. The normalized spacial score (nSPS) is 14.0. The fourth-order valence-corrected chi connectivity index (χ4v) is 4.89. The van der Waals surface area contributed by atoms with Crippen molar-refractivity contribution in [3.63, 3.8) is 0 Å². The van der Waals surface area contributed by atoms with Gasteiger partial charge in [0.1, 0.15) is 29.7 Å². The Morgan fingerprint density at radius 1 is 1.00 bits per heavy atom. The number of aromatic nitrogens is 6. The van der Waals surface area contributed by atoms with E-state index in [0.717, 1.165) is 53.5 Å². The van der Waals surface area contributed by atoms with Crippen LogP contribution in [0.1, 0.15) is 5.56 Å². The van der Waals surface area contributed by atoms with Gasteiger partial charge in [-0.1, -0.05) is 6.08 Å². The van der Waals surface area contributed by atoms with Crippen LogP contribution in [0.4, 0.5) is 17.2 Å². The number of fused-ring (bicyclic) bond motifs is 2. The molecule has 5 aromatic rings. The molecule has 1 amide bonds. The largest absolute Gasteiger partial charge is 0.457 e. The first-order chi connectivity index (χ1) is 19.9. The Labute approximate surface area is 237 Å². The number of rotatable bonds is 8. The number of nitrogens with zero attached hydrogens (tertiary/aromatic N) is 9. The lowest BCUT2D eigenvalue weighted by Crippen LogP contribution is -2.48. The molecule has 0 saturated carbocycles.